The van der Waals surface area contributed by atoms with Crippen molar-refractivity contribution in [3.8, 4) is 5.69 Å². The van der Waals surface area contributed by atoms with Crippen LogP contribution >= 0.6 is 11.8 Å². The second-order valence-electron chi connectivity index (χ2n) is 5.67. The summed E-state index contributed by atoms with van der Waals surface area (Å²) in [4.78, 5) is 4.33. The molecule has 9 heteroatoms. The molecule has 0 radical (unpaired) electrons. The van der Waals surface area contributed by atoms with Crippen molar-refractivity contribution < 1.29 is 8.78 Å². The molecule has 0 saturated heterocycles. The predicted octanol–water partition coefficient (Wildman–Crippen LogP) is 4.01. The van der Waals surface area contributed by atoms with Gasteiger partial charge in [0.25, 0.3) is 0 Å². The van der Waals surface area contributed by atoms with E-state index in [1.807, 2.05) is 31.2 Å². The SMILES string of the molecule is Cc1cccc(-n2nnnc2SCc2nc3ccccc3n2C(F)F)c1. The molecule has 4 rings (SSSR count). The molecular formula is C17H14F2N6S. The Hall–Kier alpha value is -2.81. The first-order valence-corrected chi connectivity index (χ1v) is 8.84. The lowest BCUT2D eigenvalue weighted by atomic mass is 10.2. The molecule has 0 aliphatic carbocycles. The molecule has 4 aromatic rings. The Balaban J connectivity index is 1.64. The molecule has 0 saturated carbocycles. The minimum atomic E-state index is -2.66. The van der Waals surface area contributed by atoms with E-state index in [1.165, 1.54) is 11.8 Å². The number of imidazole rings is 1. The van der Waals surface area contributed by atoms with Gasteiger partial charge < -0.3 is 0 Å². The zero-order valence-corrected chi connectivity index (χ0v) is 14.6. The summed E-state index contributed by atoms with van der Waals surface area (Å²) >= 11 is 1.26. The molecule has 6 nitrogen and oxygen atoms in total. The summed E-state index contributed by atoms with van der Waals surface area (Å²) in [5.41, 5.74) is 2.85. The molecule has 0 unspecified atom stereocenters. The maximum atomic E-state index is 13.5. The number of aromatic nitrogens is 6. The van der Waals surface area contributed by atoms with E-state index in [-0.39, 0.29) is 11.6 Å². The molecule has 0 atom stereocenters. The second-order valence-corrected chi connectivity index (χ2v) is 6.61. The third-order valence-corrected chi connectivity index (χ3v) is 4.80. The van der Waals surface area contributed by atoms with Gasteiger partial charge in [-0.25, -0.2) is 4.98 Å². The van der Waals surface area contributed by atoms with E-state index in [9.17, 15) is 8.78 Å². The van der Waals surface area contributed by atoms with Crippen molar-refractivity contribution in [2.75, 3.05) is 0 Å². The highest BCUT2D eigenvalue weighted by atomic mass is 32.2. The molecule has 2 aromatic carbocycles. The van der Waals surface area contributed by atoms with Crippen LogP contribution in [0.3, 0.4) is 0 Å². The largest absolute Gasteiger partial charge is 0.320 e. The lowest BCUT2D eigenvalue weighted by molar-refractivity contribution is 0.0722. The highest BCUT2D eigenvalue weighted by Gasteiger charge is 2.19. The zero-order chi connectivity index (χ0) is 18.1. The normalized spacial score (nSPS) is 11.5. The van der Waals surface area contributed by atoms with E-state index >= 15 is 0 Å². The van der Waals surface area contributed by atoms with Crippen LogP contribution in [0.4, 0.5) is 8.78 Å². The summed E-state index contributed by atoms with van der Waals surface area (Å²) in [5.74, 6) is 0.510. The van der Waals surface area contributed by atoms with Gasteiger partial charge in [0.1, 0.15) is 5.82 Å². The number of halogens is 2. The summed E-state index contributed by atoms with van der Waals surface area (Å²) in [5, 5.41) is 12.2. The molecule has 2 aromatic heterocycles. The number of hydrogen-bond acceptors (Lipinski definition) is 5. The number of hydrogen-bond donors (Lipinski definition) is 0. The summed E-state index contributed by atoms with van der Waals surface area (Å²) in [6, 6.07) is 14.6. The number of rotatable bonds is 5. The zero-order valence-electron chi connectivity index (χ0n) is 13.8. The number of alkyl halides is 2. The Morgan fingerprint density at radius 2 is 1.96 bits per heavy atom. The van der Waals surface area contributed by atoms with Crippen LogP contribution in [0, 0.1) is 6.92 Å². The highest BCUT2D eigenvalue weighted by molar-refractivity contribution is 7.98. The average Bonchev–Trinajstić information content (AvgIpc) is 3.23. The van der Waals surface area contributed by atoms with Crippen molar-refractivity contribution in [3.63, 3.8) is 0 Å². The monoisotopic (exact) mass is 372 g/mol. The van der Waals surface area contributed by atoms with Crippen LogP contribution in [-0.2, 0) is 5.75 Å². The fourth-order valence-electron chi connectivity index (χ4n) is 2.73. The maximum Gasteiger partial charge on any atom is 0.320 e. The molecule has 0 spiro atoms. The van der Waals surface area contributed by atoms with E-state index in [1.54, 1.807) is 28.9 Å². The Morgan fingerprint density at radius 3 is 2.77 bits per heavy atom. The Morgan fingerprint density at radius 1 is 1.12 bits per heavy atom. The van der Waals surface area contributed by atoms with Gasteiger partial charge in [-0.3, -0.25) is 4.57 Å². The number of para-hydroxylation sites is 2. The van der Waals surface area contributed by atoms with Gasteiger partial charge in [0.2, 0.25) is 5.16 Å². The van der Waals surface area contributed by atoms with Crippen LogP contribution in [-0.4, -0.2) is 29.8 Å². The molecule has 0 aliphatic heterocycles. The average molecular weight is 372 g/mol. The summed E-state index contributed by atoms with van der Waals surface area (Å²) < 4.78 is 29.6. The molecule has 0 bridgehead atoms. The van der Waals surface area contributed by atoms with Crippen molar-refractivity contribution in [2.24, 2.45) is 0 Å². The van der Waals surface area contributed by atoms with Gasteiger partial charge in [0.15, 0.2) is 0 Å². The quantitative estimate of drug-likeness (QED) is 0.496. The molecule has 2 heterocycles. The van der Waals surface area contributed by atoms with Crippen LogP contribution in [0.1, 0.15) is 17.9 Å². The number of fused-ring (bicyclic) bond motifs is 1. The van der Waals surface area contributed by atoms with Gasteiger partial charge in [-0.15, -0.1) is 5.10 Å². The minimum Gasteiger partial charge on any atom is -0.269 e. The topological polar surface area (TPSA) is 61.4 Å². The maximum absolute atomic E-state index is 13.5. The van der Waals surface area contributed by atoms with Crippen molar-refractivity contribution in [2.45, 2.75) is 24.4 Å². The number of thioether (sulfide) groups is 1. The van der Waals surface area contributed by atoms with Gasteiger partial charge in [-0.2, -0.15) is 13.5 Å². The number of benzene rings is 2. The van der Waals surface area contributed by atoms with E-state index in [4.69, 9.17) is 0 Å². The van der Waals surface area contributed by atoms with E-state index in [0.29, 0.717) is 16.2 Å². The Bertz CT molecular complexity index is 1060. The second kappa shape index (κ2) is 6.83. The first-order valence-electron chi connectivity index (χ1n) is 7.85. The fraction of sp³-hybridized carbons (Fsp3) is 0.176. The summed E-state index contributed by atoms with van der Waals surface area (Å²) in [6.45, 7) is -0.683. The predicted molar refractivity (Wildman–Crippen MR) is 94.4 cm³/mol. The van der Waals surface area contributed by atoms with E-state index < -0.39 is 6.55 Å². The number of tetrazole rings is 1. The fourth-order valence-corrected chi connectivity index (χ4v) is 3.55. The van der Waals surface area contributed by atoms with Gasteiger partial charge in [-0.1, -0.05) is 36.0 Å². The standard InChI is InChI=1S/C17H14F2N6S/c1-11-5-4-6-12(9-11)25-17(21-22-23-25)26-10-15-20-13-7-2-3-8-14(13)24(15)16(18)19/h2-9,16H,10H2,1H3. The van der Waals surface area contributed by atoms with Crippen molar-refractivity contribution in [1.82, 2.24) is 29.8 Å². The lowest BCUT2D eigenvalue weighted by Gasteiger charge is -2.08. The van der Waals surface area contributed by atoms with Crippen LogP contribution in [0.15, 0.2) is 53.7 Å². The minimum absolute atomic E-state index is 0.227. The molecule has 132 valence electrons. The van der Waals surface area contributed by atoms with Gasteiger partial charge in [0, 0.05) is 0 Å². The first kappa shape index (κ1) is 16.6. The molecular weight excluding hydrogens is 358 g/mol. The van der Waals surface area contributed by atoms with E-state index in [2.05, 4.69) is 20.5 Å². The van der Waals surface area contributed by atoms with Crippen LogP contribution in [0.5, 0.6) is 0 Å². The third-order valence-electron chi connectivity index (χ3n) is 3.88. The van der Waals surface area contributed by atoms with Crippen LogP contribution in [0.25, 0.3) is 16.7 Å². The highest BCUT2D eigenvalue weighted by Crippen LogP contribution is 2.28. The first-order chi connectivity index (χ1) is 12.6. The van der Waals surface area contributed by atoms with Crippen molar-refractivity contribution in [3.05, 3.63) is 59.9 Å². The molecule has 0 fully saturated rings. The van der Waals surface area contributed by atoms with Gasteiger partial charge in [0.05, 0.1) is 22.5 Å². The molecule has 0 aliphatic rings. The van der Waals surface area contributed by atoms with Gasteiger partial charge >= 0.3 is 6.55 Å². The molecule has 26 heavy (non-hydrogen) atoms. The summed E-state index contributed by atoms with van der Waals surface area (Å²) in [7, 11) is 0. The molecule has 0 amide bonds. The van der Waals surface area contributed by atoms with Crippen LogP contribution < -0.4 is 0 Å². The van der Waals surface area contributed by atoms with E-state index in [0.717, 1.165) is 15.8 Å². The Labute approximate surface area is 151 Å². The lowest BCUT2D eigenvalue weighted by Crippen LogP contribution is -2.04. The van der Waals surface area contributed by atoms with Crippen molar-refractivity contribution >= 4 is 22.8 Å². The number of aryl methyl sites for hydroxylation is 1. The molecule has 0 N–H and O–H groups in total. The number of nitrogens with zero attached hydrogens (tertiary/aromatic N) is 6. The van der Waals surface area contributed by atoms with Gasteiger partial charge in [-0.05, 0) is 47.2 Å². The van der Waals surface area contributed by atoms with Crippen LogP contribution in [0.2, 0.25) is 0 Å². The summed E-state index contributed by atoms with van der Waals surface area (Å²) in [6.07, 6.45) is 0. The Kier molecular flexibility index (Phi) is 4.37. The smallest absolute Gasteiger partial charge is 0.269 e. The third kappa shape index (κ3) is 3.05. The van der Waals surface area contributed by atoms with Crippen molar-refractivity contribution in [1.29, 1.82) is 0 Å².